The van der Waals surface area contributed by atoms with Crippen LogP contribution in [0.25, 0.3) is 0 Å². The average molecular weight is 246 g/mol. The van der Waals surface area contributed by atoms with Crippen LogP contribution in [0, 0.1) is 10.1 Å². The SMILES string of the molecule is CCC(C)(C/C(C)=N/O[Si](C)(C)C)[N+](=O)[O-]. The number of hydrogen-bond acceptors (Lipinski definition) is 4. The summed E-state index contributed by atoms with van der Waals surface area (Å²) in [4.78, 5) is 10.7. The normalized spacial score (nSPS) is 16.8. The van der Waals surface area contributed by atoms with Gasteiger partial charge in [0.25, 0.3) is 8.32 Å². The maximum atomic E-state index is 10.9. The molecule has 0 spiro atoms. The van der Waals surface area contributed by atoms with Crippen LogP contribution >= 0.6 is 0 Å². The minimum absolute atomic E-state index is 0.236. The van der Waals surface area contributed by atoms with Gasteiger partial charge in [-0.15, -0.1) is 5.16 Å². The number of rotatable bonds is 6. The zero-order valence-electron chi connectivity index (χ0n) is 11.0. The van der Waals surface area contributed by atoms with Gasteiger partial charge in [-0.3, -0.25) is 10.1 Å². The van der Waals surface area contributed by atoms with Gasteiger partial charge in [0.1, 0.15) is 0 Å². The molecule has 0 radical (unpaired) electrons. The lowest BCUT2D eigenvalue weighted by Gasteiger charge is -2.19. The highest BCUT2D eigenvalue weighted by Gasteiger charge is 2.35. The lowest BCUT2D eigenvalue weighted by Crippen LogP contribution is -2.36. The van der Waals surface area contributed by atoms with Crippen molar-refractivity contribution in [1.29, 1.82) is 0 Å². The van der Waals surface area contributed by atoms with E-state index in [2.05, 4.69) is 5.16 Å². The molecule has 0 heterocycles. The van der Waals surface area contributed by atoms with E-state index in [0.29, 0.717) is 18.6 Å². The van der Waals surface area contributed by atoms with Gasteiger partial charge < -0.3 is 4.53 Å². The summed E-state index contributed by atoms with van der Waals surface area (Å²) >= 11 is 0. The van der Waals surface area contributed by atoms with Gasteiger partial charge in [-0.05, 0) is 26.6 Å². The van der Waals surface area contributed by atoms with Crippen LogP contribution in [0.2, 0.25) is 19.6 Å². The quantitative estimate of drug-likeness (QED) is 0.313. The summed E-state index contributed by atoms with van der Waals surface area (Å²) < 4.78 is 5.37. The maximum Gasteiger partial charge on any atom is 0.278 e. The van der Waals surface area contributed by atoms with E-state index in [0.717, 1.165) is 0 Å². The largest absolute Gasteiger partial charge is 0.456 e. The van der Waals surface area contributed by atoms with Gasteiger partial charge in [0.2, 0.25) is 5.54 Å². The van der Waals surface area contributed by atoms with E-state index >= 15 is 0 Å². The molecule has 0 N–H and O–H groups in total. The molecule has 0 aromatic heterocycles. The van der Waals surface area contributed by atoms with Crippen LogP contribution in [0.1, 0.15) is 33.6 Å². The van der Waals surface area contributed by atoms with E-state index < -0.39 is 13.9 Å². The number of hydrogen-bond donors (Lipinski definition) is 0. The summed E-state index contributed by atoms with van der Waals surface area (Å²) in [5.41, 5.74) is -0.250. The van der Waals surface area contributed by atoms with E-state index in [1.165, 1.54) is 0 Å². The van der Waals surface area contributed by atoms with E-state index in [1.807, 2.05) is 26.6 Å². The van der Waals surface area contributed by atoms with Gasteiger partial charge in [0.15, 0.2) is 0 Å². The van der Waals surface area contributed by atoms with Crippen LogP contribution in [0.15, 0.2) is 5.16 Å². The maximum absolute atomic E-state index is 10.9. The zero-order chi connectivity index (χ0) is 13.0. The fourth-order valence-electron chi connectivity index (χ4n) is 1.12. The molecule has 16 heavy (non-hydrogen) atoms. The van der Waals surface area contributed by atoms with E-state index in [-0.39, 0.29) is 4.92 Å². The highest BCUT2D eigenvalue weighted by molar-refractivity contribution is 6.69. The Kier molecular flexibility index (Phi) is 5.12. The van der Waals surface area contributed by atoms with Crippen molar-refractivity contribution in [3.05, 3.63) is 10.1 Å². The van der Waals surface area contributed by atoms with Crippen LogP contribution in [0.4, 0.5) is 0 Å². The number of nitro groups is 1. The minimum Gasteiger partial charge on any atom is -0.456 e. The fourth-order valence-corrected chi connectivity index (χ4v) is 1.55. The average Bonchev–Trinajstić information content (AvgIpc) is 2.13. The van der Waals surface area contributed by atoms with Crippen molar-refractivity contribution in [2.24, 2.45) is 5.16 Å². The molecule has 94 valence electrons. The molecule has 1 unspecified atom stereocenters. The van der Waals surface area contributed by atoms with E-state index in [9.17, 15) is 10.1 Å². The third-order valence-electron chi connectivity index (χ3n) is 2.31. The van der Waals surface area contributed by atoms with Crippen molar-refractivity contribution in [1.82, 2.24) is 0 Å². The smallest absolute Gasteiger partial charge is 0.278 e. The molecule has 0 fully saturated rings. The lowest BCUT2D eigenvalue weighted by molar-refractivity contribution is -0.564. The van der Waals surface area contributed by atoms with Gasteiger partial charge in [-0.2, -0.15) is 0 Å². The molecule has 0 amide bonds. The van der Waals surface area contributed by atoms with Crippen LogP contribution in [-0.4, -0.2) is 24.5 Å². The standard InChI is InChI=1S/C10H22N2O3Si/c1-7-10(3,12(13)14)8-9(2)11-15-16(4,5)6/h7-8H2,1-6H3/b11-9+. The number of nitrogens with zero attached hydrogens (tertiary/aromatic N) is 2. The summed E-state index contributed by atoms with van der Waals surface area (Å²) in [5, 5.41) is 14.9. The third-order valence-corrected chi connectivity index (χ3v) is 2.95. The molecule has 0 bridgehead atoms. The molecule has 0 aliphatic heterocycles. The van der Waals surface area contributed by atoms with Crippen molar-refractivity contribution in [3.8, 4) is 0 Å². The van der Waals surface area contributed by atoms with Crippen molar-refractivity contribution in [3.63, 3.8) is 0 Å². The van der Waals surface area contributed by atoms with Crippen molar-refractivity contribution in [2.75, 3.05) is 0 Å². The Morgan fingerprint density at radius 1 is 1.50 bits per heavy atom. The molecule has 0 aromatic carbocycles. The summed E-state index contributed by atoms with van der Waals surface area (Å²) in [6.45, 7) is 11.3. The van der Waals surface area contributed by atoms with Crippen LogP contribution in [-0.2, 0) is 4.53 Å². The highest BCUT2D eigenvalue weighted by Crippen LogP contribution is 2.19. The van der Waals surface area contributed by atoms with Crippen LogP contribution in [0.5, 0.6) is 0 Å². The van der Waals surface area contributed by atoms with Crippen LogP contribution < -0.4 is 0 Å². The molecule has 6 heteroatoms. The molecule has 5 nitrogen and oxygen atoms in total. The van der Waals surface area contributed by atoms with Gasteiger partial charge >= 0.3 is 0 Å². The summed E-state index contributed by atoms with van der Waals surface area (Å²) in [5.74, 6) is 0. The van der Waals surface area contributed by atoms with E-state index in [1.54, 1.807) is 13.8 Å². The molecular weight excluding hydrogens is 224 g/mol. The Hall–Kier alpha value is -0.913. The second kappa shape index (κ2) is 5.43. The summed E-state index contributed by atoms with van der Waals surface area (Å²) in [6.07, 6.45) is 0.820. The second-order valence-electron chi connectivity index (χ2n) is 5.31. The highest BCUT2D eigenvalue weighted by atomic mass is 28.4. The van der Waals surface area contributed by atoms with Crippen molar-refractivity contribution >= 4 is 14.0 Å². The topological polar surface area (TPSA) is 64.7 Å². The Morgan fingerprint density at radius 2 is 2.00 bits per heavy atom. The zero-order valence-corrected chi connectivity index (χ0v) is 12.0. The first-order valence-electron chi connectivity index (χ1n) is 5.47. The first-order valence-corrected chi connectivity index (χ1v) is 8.88. The lowest BCUT2D eigenvalue weighted by atomic mass is 9.93. The first-order chi connectivity index (χ1) is 7.10. The molecule has 0 saturated carbocycles. The van der Waals surface area contributed by atoms with Gasteiger partial charge in [0.05, 0.1) is 12.1 Å². The molecule has 0 aliphatic carbocycles. The minimum atomic E-state index is -1.69. The summed E-state index contributed by atoms with van der Waals surface area (Å²) in [6, 6.07) is 0. The fraction of sp³-hybridized carbons (Fsp3) is 0.900. The van der Waals surface area contributed by atoms with E-state index in [4.69, 9.17) is 4.53 Å². The molecule has 0 rings (SSSR count). The Labute approximate surface area is 98.1 Å². The third kappa shape index (κ3) is 5.25. The predicted molar refractivity (Wildman–Crippen MR) is 67.8 cm³/mol. The number of oxime groups is 1. The molecule has 0 aromatic rings. The predicted octanol–water partition coefficient (Wildman–Crippen LogP) is 3.05. The van der Waals surface area contributed by atoms with Crippen molar-refractivity contribution < 1.29 is 9.45 Å². The van der Waals surface area contributed by atoms with Crippen molar-refractivity contribution in [2.45, 2.75) is 58.8 Å². The molecule has 1 atom stereocenters. The van der Waals surface area contributed by atoms with Crippen LogP contribution in [0.3, 0.4) is 0 Å². The Balaban J connectivity index is 4.54. The van der Waals surface area contributed by atoms with Gasteiger partial charge in [0, 0.05) is 18.3 Å². The Morgan fingerprint density at radius 3 is 2.31 bits per heavy atom. The van der Waals surface area contributed by atoms with Gasteiger partial charge in [-0.25, -0.2) is 0 Å². The molecule has 0 saturated heterocycles. The monoisotopic (exact) mass is 246 g/mol. The molecule has 0 aliphatic rings. The molecular formula is C10H22N2O3Si. The van der Waals surface area contributed by atoms with Gasteiger partial charge in [-0.1, -0.05) is 6.92 Å². The first kappa shape index (κ1) is 15.1. The summed E-state index contributed by atoms with van der Waals surface area (Å²) in [7, 11) is -1.69. The second-order valence-corrected chi connectivity index (χ2v) is 9.72. The Bertz CT molecular complexity index is 286.